The fourth-order valence-corrected chi connectivity index (χ4v) is 4.06. The van der Waals surface area contributed by atoms with Crippen molar-refractivity contribution in [2.24, 2.45) is 11.8 Å². The van der Waals surface area contributed by atoms with Crippen LogP contribution in [0.4, 0.5) is 0 Å². The second-order valence-corrected chi connectivity index (χ2v) is 7.28. The molecule has 1 atom stereocenters. The van der Waals surface area contributed by atoms with Gasteiger partial charge in [0.2, 0.25) is 5.91 Å². The average Bonchev–Trinajstić information content (AvgIpc) is 3.07. The minimum atomic E-state index is 0.244. The van der Waals surface area contributed by atoms with Crippen LogP contribution in [0.2, 0.25) is 0 Å². The van der Waals surface area contributed by atoms with E-state index in [1.54, 1.807) is 0 Å². The minimum Gasteiger partial charge on any atom is -0.342 e. The number of carbonyl (C=O) groups is 1. The lowest BCUT2D eigenvalue weighted by molar-refractivity contribution is -0.136. The van der Waals surface area contributed by atoms with Crippen LogP contribution < -0.4 is 5.32 Å². The summed E-state index contributed by atoms with van der Waals surface area (Å²) in [7, 11) is 0. The summed E-state index contributed by atoms with van der Waals surface area (Å²) in [5, 5.41) is 3.35. The van der Waals surface area contributed by atoms with Crippen molar-refractivity contribution < 1.29 is 4.79 Å². The first kappa shape index (κ1) is 17.4. The molecule has 24 heavy (non-hydrogen) atoms. The van der Waals surface area contributed by atoms with Gasteiger partial charge in [-0.1, -0.05) is 30.3 Å². The van der Waals surface area contributed by atoms with Crippen molar-refractivity contribution in [1.82, 2.24) is 15.1 Å². The highest BCUT2D eigenvalue weighted by molar-refractivity contribution is 5.79. The standard InChI is InChI=1S/C20H31N3O/c1-2-23(20(24)19-8-11-21-12-9-19)16-18-10-13-22(15-18)14-17-6-4-3-5-7-17/h3-7,18-19,21H,2,8-16H2,1H3. The molecule has 1 aromatic rings. The molecular formula is C20H31N3O. The van der Waals surface area contributed by atoms with E-state index in [4.69, 9.17) is 0 Å². The lowest BCUT2D eigenvalue weighted by Gasteiger charge is -2.30. The molecule has 4 nitrogen and oxygen atoms in total. The van der Waals surface area contributed by atoms with E-state index in [1.807, 2.05) is 0 Å². The number of carbonyl (C=O) groups excluding carboxylic acids is 1. The van der Waals surface area contributed by atoms with Crippen LogP contribution in [0.1, 0.15) is 31.7 Å². The lowest BCUT2D eigenvalue weighted by Crippen LogP contribution is -2.43. The Morgan fingerprint density at radius 3 is 2.67 bits per heavy atom. The number of hydrogen-bond acceptors (Lipinski definition) is 3. The molecule has 0 aromatic heterocycles. The number of nitrogens with zero attached hydrogens (tertiary/aromatic N) is 2. The molecule has 0 radical (unpaired) electrons. The number of hydrogen-bond donors (Lipinski definition) is 1. The van der Waals surface area contributed by atoms with Gasteiger partial charge in [-0.2, -0.15) is 0 Å². The smallest absolute Gasteiger partial charge is 0.225 e. The summed E-state index contributed by atoms with van der Waals surface area (Å²) in [6, 6.07) is 10.7. The van der Waals surface area contributed by atoms with Gasteiger partial charge in [0.1, 0.15) is 0 Å². The molecule has 3 rings (SSSR count). The normalized spacial score (nSPS) is 22.6. The number of benzene rings is 1. The summed E-state index contributed by atoms with van der Waals surface area (Å²) in [6.07, 6.45) is 3.21. The summed E-state index contributed by atoms with van der Waals surface area (Å²) < 4.78 is 0. The van der Waals surface area contributed by atoms with E-state index in [9.17, 15) is 4.79 Å². The van der Waals surface area contributed by atoms with Gasteiger partial charge >= 0.3 is 0 Å². The molecule has 2 aliphatic rings. The van der Waals surface area contributed by atoms with E-state index < -0.39 is 0 Å². The molecule has 0 saturated carbocycles. The molecule has 2 saturated heterocycles. The van der Waals surface area contributed by atoms with Crippen LogP contribution in [0, 0.1) is 11.8 Å². The quantitative estimate of drug-likeness (QED) is 0.870. The van der Waals surface area contributed by atoms with E-state index in [0.717, 1.165) is 58.7 Å². The van der Waals surface area contributed by atoms with Gasteiger partial charge in [-0.15, -0.1) is 0 Å². The first-order valence-electron chi connectivity index (χ1n) is 9.52. The van der Waals surface area contributed by atoms with Gasteiger partial charge in [-0.3, -0.25) is 9.69 Å². The maximum atomic E-state index is 12.8. The van der Waals surface area contributed by atoms with Gasteiger partial charge in [0, 0.05) is 32.1 Å². The molecule has 2 aliphatic heterocycles. The summed E-state index contributed by atoms with van der Waals surface area (Å²) in [4.78, 5) is 17.4. The van der Waals surface area contributed by atoms with Crippen molar-refractivity contribution in [2.75, 3.05) is 39.3 Å². The second-order valence-electron chi connectivity index (χ2n) is 7.28. The molecule has 1 amide bonds. The van der Waals surface area contributed by atoms with Crippen molar-refractivity contribution in [2.45, 2.75) is 32.7 Å². The molecule has 0 spiro atoms. The zero-order valence-electron chi connectivity index (χ0n) is 14.9. The third-order valence-corrected chi connectivity index (χ3v) is 5.48. The molecule has 2 heterocycles. The van der Waals surface area contributed by atoms with Gasteiger partial charge in [-0.05, 0) is 57.3 Å². The minimum absolute atomic E-state index is 0.244. The summed E-state index contributed by atoms with van der Waals surface area (Å²) in [5.74, 6) is 1.26. The van der Waals surface area contributed by atoms with E-state index in [1.165, 1.54) is 12.0 Å². The van der Waals surface area contributed by atoms with Crippen LogP contribution in [0.15, 0.2) is 30.3 Å². The number of likely N-dealkylation sites (tertiary alicyclic amines) is 1. The van der Waals surface area contributed by atoms with Crippen molar-refractivity contribution in [1.29, 1.82) is 0 Å². The number of nitrogens with one attached hydrogen (secondary N) is 1. The Hall–Kier alpha value is -1.39. The lowest BCUT2D eigenvalue weighted by atomic mass is 9.96. The van der Waals surface area contributed by atoms with Crippen molar-refractivity contribution in [3.63, 3.8) is 0 Å². The van der Waals surface area contributed by atoms with Crippen molar-refractivity contribution in [3.05, 3.63) is 35.9 Å². The third-order valence-electron chi connectivity index (χ3n) is 5.48. The average molecular weight is 329 g/mol. The predicted octanol–water partition coefficient (Wildman–Crippen LogP) is 2.36. The molecule has 132 valence electrons. The summed E-state index contributed by atoms with van der Waals surface area (Å²) in [5.41, 5.74) is 1.39. The van der Waals surface area contributed by atoms with E-state index in [0.29, 0.717) is 11.8 Å². The number of rotatable bonds is 6. The Labute approximate surface area is 146 Å². The molecule has 2 fully saturated rings. The van der Waals surface area contributed by atoms with Gasteiger partial charge in [-0.25, -0.2) is 0 Å². The van der Waals surface area contributed by atoms with Crippen LogP contribution >= 0.6 is 0 Å². The monoisotopic (exact) mass is 329 g/mol. The summed E-state index contributed by atoms with van der Waals surface area (Å²) >= 11 is 0. The largest absolute Gasteiger partial charge is 0.342 e. The highest BCUT2D eigenvalue weighted by Gasteiger charge is 2.29. The van der Waals surface area contributed by atoms with Gasteiger partial charge in [0.05, 0.1) is 0 Å². The van der Waals surface area contributed by atoms with E-state index in [2.05, 4.69) is 52.4 Å². The molecule has 0 aliphatic carbocycles. The Morgan fingerprint density at radius 2 is 1.96 bits per heavy atom. The molecule has 4 heteroatoms. The SMILES string of the molecule is CCN(CC1CCN(Cc2ccccc2)C1)C(=O)C1CCNCC1. The molecule has 1 aromatic carbocycles. The first-order chi connectivity index (χ1) is 11.8. The van der Waals surface area contributed by atoms with Crippen LogP contribution in [0.25, 0.3) is 0 Å². The van der Waals surface area contributed by atoms with Crippen LogP contribution in [0.5, 0.6) is 0 Å². The highest BCUT2D eigenvalue weighted by atomic mass is 16.2. The van der Waals surface area contributed by atoms with Crippen molar-refractivity contribution >= 4 is 5.91 Å². The zero-order valence-corrected chi connectivity index (χ0v) is 14.9. The van der Waals surface area contributed by atoms with Gasteiger partial charge in [0.15, 0.2) is 0 Å². The topological polar surface area (TPSA) is 35.6 Å². The summed E-state index contributed by atoms with van der Waals surface area (Å²) in [6.45, 7) is 9.18. The molecule has 0 bridgehead atoms. The molecule has 1 N–H and O–H groups in total. The fourth-order valence-electron chi connectivity index (χ4n) is 4.06. The van der Waals surface area contributed by atoms with Crippen LogP contribution in [0.3, 0.4) is 0 Å². The first-order valence-corrected chi connectivity index (χ1v) is 9.52. The Bertz CT molecular complexity index is 513. The molecule has 1 unspecified atom stereocenters. The van der Waals surface area contributed by atoms with Crippen LogP contribution in [-0.4, -0.2) is 55.0 Å². The number of amides is 1. The maximum Gasteiger partial charge on any atom is 0.225 e. The maximum absolute atomic E-state index is 12.8. The fraction of sp³-hybridized carbons (Fsp3) is 0.650. The van der Waals surface area contributed by atoms with Crippen molar-refractivity contribution in [3.8, 4) is 0 Å². The Morgan fingerprint density at radius 1 is 1.21 bits per heavy atom. The predicted molar refractivity (Wildman–Crippen MR) is 97.7 cm³/mol. The van der Waals surface area contributed by atoms with Gasteiger partial charge < -0.3 is 10.2 Å². The zero-order chi connectivity index (χ0) is 16.8. The Kier molecular flexibility index (Phi) is 6.27. The Balaban J connectivity index is 1.48. The molecular weight excluding hydrogens is 298 g/mol. The van der Waals surface area contributed by atoms with Crippen LogP contribution in [-0.2, 0) is 11.3 Å². The third kappa shape index (κ3) is 4.58. The second kappa shape index (κ2) is 8.63. The van der Waals surface area contributed by atoms with Gasteiger partial charge in [0.25, 0.3) is 0 Å². The van der Waals surface area contributed by atoms with E-state index >= 15 is 0 Å². The number of piperidine rings is 1. The highest BCUT2D eigenvalue weighted by Crippen LogP contribution is 2.22. The van der Waals surface area contributed by atoms with E-state index in [-0.39, 0.29) is 5.92 Å².